The first-order valence-electron chi connectivity index (χ1n) is 4.64. The zero-order chi connectivity index (χ0) is 10.7. The molecule has 1 heterocycles. The van der Waals surface area contributed by atoms with E-state index in [1.54, 1.807) is 6.20 Å². The van der Waals surface area contributed by atoms with Crippen LogP contribution in [0.4, 0.5) is 0 Å². The van der Waals surface area contributed by atoms with Gasteiger partial charge in [0.2, 0.25) is 0 Å². The fourth-order valence-electron chi connectivity index (χ4n) is 1.63. The minimum atomic E-state index is 0.399. The second kappa shape index (κ2) is 4.29. The third-order valence-corrected chi connectivity index (χ3v) is 2.58. The Hall–Kier alpha value is -1.59. The molecule has 0 atom stereocenters. The molecule has 0 N–H and O–H groups in total. The number of alkyl halides is 1. The van der Waals surface area contributed by atoms with Crippen LogP contribution in [0.5, 0.6) is 0 Å². The number of rotatable bonds is 2. The third-order valence-electron chi connectivity index (χ3n) is 2.29. The smallest absolute Gasteiger partial charge is 0.0708 e. The maximum absolute atomic E-state index is 8.65. The molecule has 0 spiro atoms. The molecule has 0 aliphatic carbocycles. The summed E-state index contributed by atoms with van der Waals surface area (Å²) in [5.41, 5.74) is 2.91. The van der Waals surface area contributed by atoms with Crippen molar-refractivity contribution in [2.24, 2.45) is 0 Å². The maximum Gasteiger partial charge on any atom is 0.0708 e. The second-order valence-corrected chi connectivity index (χ2v) is 3.56. The Bertz CT molecular complexity index is 529. The van der Waals surface area contributed by atoms with Crippen molar-refractivity contribution in [2.45, 2.75) is 12.3 Å². The van der Waals surface area contributed by atoms with E-state index in [4.69, 9.17) is 16.9 Å². The predicted octanol–water partition coefficient (Wildman–Crippen LogP) is 3.04. The summed E-state index contributed by atoms with van der Waals surface area (Å²) in [6, 6.07) is 9.93. The van der Waals surface area contributed by atoms with Gasteiger partial charge in [0.1, 0.15) is 0 Å². The van der Waals surface area contributed by atoms with Crippen LogP contribution in [0.1, 0.15) is 11.1 Å². The number of hydrogen-bond acceptors (Lipinski definition) is 2. The zero-order valence-electron chi connectivity index (χ0n) is 8.07. The molecule has 0 fully saturated rings. The molecule has 1 aromatic carbocycles. The number of halogens is 1. The Balaban J connectivity index is 2.67. The summed E-state index contributed by atoms with van der Waals surface area (Å²) < 4.78 is 0. The minimum Gasteiger partial charge on any atom is -0.256 e. The van der Waals surface area contributed by atoms with Crippen molar-refractivity contribution < 1.29 is 0 Å². The molecule has 74 valence electrons. The normalized spacial score (nSPS) is 10.1. The van der Waals surface area contributed by atoms with Gasteiger partial charge in [-0.15, -0.1) is 11.6 Å². The van der Waals surface area contributed by atoms with Crippen LogP contribution in [0.25, 0.3) is 10.9 Å². The van der Waals surface area contributed by atoms with E-state index in [0.717, 1.165) is 22.0 Å². The molecule has 2 aromatic rings. The first kappa shape index (κ1) is 9.95. The van der Waals surface area contributed by atoms with Crippen LogP contribution < -0.4 is 0 Å². The number of hydrogen-bond donors (Lipinski definition) is 0. The topological polar surface area (TPSA) is 36.7 Å². The SMILES string of the molecule is N#CCc1cc(CCl)c2cccnc2c1. The lowest BCUT2D eigenvalue weighted by atomic mass is 10.0. The van der Waals surface area contributed by atoms with E-state index in [1.807, 2.05) is 24.3 Å². The van der Waals surface area contributed by atoms with Gasteiger partial charge in [0.05, 0.1) is 18.0 Å². The van der Waals surface area contributed by atoms with Gasteiger partial charge in [-0.25, -0.2) is 0 Å². The number of aromatic nitrogens is 1. The van der Waals surface area contributed by atoms with Crippen molar-refractivity contribution in [1.82, 2.24) is 4.98 Å². The minimum absolute atomic E-state index is 0.399. The highest BCUT2D eigenvalue weighted by Gasteiger charge is 2.03. The van der Waals surface area contributed by atoms with E-state index >= 15 is 0 Å². The van der Waals surface area contributed by atoms with E-state index in [0.29, 0.717) is 12.3 Å². The van der Waals surface area contributed by atoms with Gasteiger partial charge >= 0.3 is 0 Å². The van der Waals surface area contributed by atoms with Gasteiger partial charge < -0.3 is 0 Å². The average Bonchev–Trinajstić information content (AvgIpc) is 2.28. The quantitative estimate of drug-likeness (QED) is 0.724. The molecule has 0 unspecified atom stereocenters. The summed E-state index contributed by atoms with van der Waals surface area (Å²) in [4.78, 5) is 4.26. The predicted molar refractivity (Wildman–Crippen MR) is 60.6 cm³/mol. The van der Waals surface area contributed by atoms with E-state index in [-0.39, 0.29) is 0 Å². The molecule has 0 aliphatic heterocycles. The van der Waals surface area contributed by atoms with Gasteiger partial charge in [-0.05, 0) is 23.3 Å². The summed E-state index contributed by atoms with van der Waals surface area (Å²) in [5.74, 6) is 0.446. The Morgan fingerprint density at radius 2 is 2.27 bits per heavy atom. The Morgan fingerprint density at radius 1 is 1.40 bits per heavy atom. The molecule has 2 rings (SSSR count). The highest BCUT2D eigenvalue weighted by Crippen LogP contribution is 2.21. The summed E-state index contributed by atoms with van der Waals surface area (Å²) in [6.07, 6.45) is 2.15. The molecule has 0 radical (unpaired) electrons. The third kappa shape index (κ3) is 1.93. The molecular weight excluding hydrogens is 208 g/mol. The van der Waals surface area contributed by atoms with Gasteiger partial charge in [-0.1, -0.05) is 12.1 Å². The van der Waals surface area contributed by atoms with Crippen molar-refractivity contribution >= 4 is 22.5 Å². The van der Waals surface area contributed by atoms with E-state index < -0.39 is 0 Å². The van der Waals surface area contributed by atoms with E-state index in [2.05, 4.69) is 11.1 Å². The van der Waals surface area contributed by atoms with Crippen LogP contribution in [-0.2, 0) is 12.3 Å². The molecule has 15 heavy (non-hydrogen) atoms. The van der Waals surface area contributed by atoms with E-state index in [9.17, 15) is 0 Å². The Labute approximate surface area is 93.1 Å². The highest BCUT2D eigenvalue weighted by molar-refractivity contribution is 6.18. The van der Waals surface area contributed by atoms with Crippen LogP contribution in [-0.4, -0.2) is 4.98 Å². The summed E-state index contributed by atoms with van der Waals surface area (Å²) in [6.45, 7) is 0. The number of pyridine rings is 1. The van der Waals surface area contributed by atoms with Crippen LogP contribution in [0.15, 0.2) is 30.5 Å². The lowest BCUT2D eigenvalue weighted by molar-refractivity contribution is 1.24. The lowest BCUT2D eigenvalue weighted by Gasteiger charge is -2.05. The second-order valence-electron chi connectivity index (χ2n) is 3.29. The largest absolute Gasteiger partial charge is 0.256 e. The van der Waals surface area contributed by atoms with Gasteiger partial charge in [-0.2, -0.15) is 5.26 Å². The van der Waals surface area contributed by atoms with E-state index in [1.165, 1.54) is 0 Å². The Kier molecular flexibility index (Phi) is 2.84. The molecule has 1 aromatic heterocycles. The molecule has 3 heteroatoms. The van der Waals surface area contributed by atoms with Gasteiger partial charge in [0.15, 0.2) is 0 Å². The van der Waals surface area contributed by atoms with Crippen molar-refractivity contribution in [3.05, 3.63) is 41.6 Å². The summed E-state index contributed by atoms with van der Waals surface area (Å²) >= 11 is 5.87. The number of fused-ring (bicyclic) bond motifs is 1. The summed E-state index contributed by atoms with van der Waals surface area (Å²) in [5, 5.41) is 9.72. The average molecular weight is 217 g/mol. The fraction of sp³-hybridized carbons (Fsp3) is 0.167. The number of benzene rings is 1. The fourth-order valence-corrected chi connectivity index (χ4v) is 1.85. The maximum atomic E-state index is 8.65. The monoisotopic (exact) mass is 216 g/mol. The lowest BCUT2D eigenvalue weighted by Crippen LogP contribution is -1.90. The summed E-state index contributed by atoms with van der Waals surface area (Å²) in [7, 11) is 0. The van der Waals surface area contributed by atoms with Gasteiger partial charge in [0.25, 0.3) is 0 Å². The van der Waals surface area contributed by atoms with Crippen molar-refractivity contribution in [1.29, 1.82) is 5.26 Å². The first-order valence-corrected chi connectivity index (χ1v) is 5.18. The molecule has 0 amide bonds. The van der Waals surface area contributed by atoms with Crippen molar-refractivity contribution in [3.63, 3.8) is 0 Å². The Morgan fingerprint density at radius 3 is 3.00 bits per heavy atom. The van der Waals surface area contributed by atoms with Crippen LogP contribution in [0.3, 0.4) is 0 Å². The number of nitriles is 1. The molecule has 0 aliphatic rings. The van der Waals surface area contributed by atoms with Crippen LogP contribution >= 0.6 is 11.6 Å². The van der Waals surface area contributed by atoms with Crippen LogP contribution in [0, 0.1) is 11.3 Å². The first-order chi connectivity index (χ1) is 7.35. The van der Waals surface area contributed by atoms with Crippen molar-refractivity contribution in [2.75, 3.05) is 0 Å². The standard InChI is InChI=1S/C12H9ClN2/c13-8-10-6-9(3-4-14)7-12-11(10)2-1-5-15-12/h1-2,5-7H,3,8H2. The van der Waals surface area contributed by atoms with Crippen molar-refractivity contribution in [3.8, 4) is 6.07 Å². The molecule has 2 nitrogen and oxygen atoms in total. The van der Waals surface area contributed by atoms with Gasteiger partial charge in [0, 0.05) is 17.5 Å². The molecule has 0 saturated carbocycles. The molecule has 0 bridgehead atoms. The van der Waals surface area contributed by atoms with Crippen LogP contribution in [0.2, 0.25) is 0 Å². The zero-order valence-corrected chi connectivity index (χ0v) is 8.83. The molecular formula is C12H9ClN2. The molecule has 0 saturated heterocycles. The number of nitrogens with zero attached hydrogens (tertiary/aromatic N) is 2. The highest BCUT2D eigenvalue weighted by atomic mass is 35.5. The van der Waals surface area contributed by atoms with Gasteiger partial charge in [-0.3, -0.25) is 4.98 Å².